The zero-order chi connectivity index (χ0) is 18.9. The Kier molecular flexibility index (Phi) is 6.72. The van der Waals surface area contributed by atoms with Gasteiger partial charge in [0.05, 0.1) is 0 Å². The standard InChI is InChI=1S/C17H19N3O6/c1-3-18-17(23)19-16(22)15(12-7-5-4-6-8-12)25-14(21)10-24-13-9-11(2)26-20-13/h4-9,15H,3,10H2,1-2H3,(H2,18,19,22,23)/t15-/m1/s1. The third-order valence-electron chi connectivity index (χ3n) is 3.11. The number of hydrogen-bond donors (Lipinski definition) is 2. The fourth-order valence-electron chi connectivity index (χ4n) is 1.99. The molecular formula is C17H19N3O6. The second-order valence-electron chi connectivity index (χ2n) is 5.19. The molecule has 0 fully saturated rings. The summed E-state index contributed by atoms with van der Waals surface area (Å²) in [6.45, 7) is 3.26. The van der Waals surface area contributed by atoms with Crippen LogP contribution in [0.4, 0.5) is 4.79 Å². The molecule has 0 unspecified atom stereocenters. The number of aromatic nitrogens is 1. The average Bonchev–Trinajstić information content (AvgIpc) is 3.04. The van der Waals surface area contributed by atoms with Gasteiger partial charge in [-0.25, -0.2) is 9.59 Å². The number of ether oxygens (including phenoxy) is 2. The number of nitrogens with one attached hydrogen (secondary N) is 2. The lowest BCUT2D eigenvalue weighted by Crippen LogP contribution is -2.42. The average molecular weight is 361 g/mol. The van der Waals surface area contributed by atoms with Crippen molar-refractivity contribution in [3.8, 4) is 5.88 Å². The fourth-order valence-corrected chi connectivity index (χ4v) is 1.99. The Hall–Kier alpha value is -3.36. The molecule has 26 heavy (non-hydrogen) atoms. The van der Waals surface area contributed by atoms with Crippen molar-refractivity contribution < 1.29 is 28.4 Å². The van der Waals surface area contributed by atoms with E-state index in [1.807, 2.05) is 0 Å². The monoisotopic (exact) mass is 361 g/mol. The predicted octanol–water partition coefficient (Wildman–Crippen LogP) is 1.49. The van der Waals surface area contributed by atoms with Gasteiger partial charge in [-0.15, -0.1) is 0 Å². The van der Waals surface area contributed by atoms with Gasteiger partial charge in [0.25, 0.3) is 11.8 Å². The number of carbonyl (C=O) groups excluding carboxylic acids is 3. The molecule has 2 rings (SSSR count). The van der Waals surface area contributed by atoms with Crippen LogP contribution in [0.5, 0.6) is 5.88 Å². The Balaban J connectivity index is 2.02. The molecule has 138 valence electrons. The zero-order valence-electron chi connectivity index (χ0n) is 14.4. The Morgan fingerprint density at radius 2 is 1.96 bits per heavy atom. The summed E-state index contributed by atoms with van der Waals surface area (Å²) in [5.41, 5.74) is 0.417. The van der Waals surface area contributed by atoms with Crippen molar-refractivity contribution in [3.05, 3.63) is 47.7 Å². The lowest BCUT2D eigenvalue weighted by Gasteiger charge is -2.17. The summed E-state index contributed by atoms with van der Waals surface area (Å²) in [7, 11) is 0. The van der Waals surface area contributed by atoms with Gasteiger partial charge in [0.1, 0.15) is 5.76 Å². The molecule has 1 aromatic heterocycles. The molecule has 0 aliphatic rings. The van der Waals surface area contributed by atoms with Crippen LogP contribution in [0.3, 0.4) is 0 Å². The van der Waals surface area contributed by atoms with Crippen LogP contribution in [-0.4, -0.2) is 36.2 Å². The first kappa shape index (κ1) is 19.0. The van der Waals surface area contributed by atoms with Crippen molar-refractivity contribution in [2.45, 2.75) is 20.0 Å². The molecule has 0 aliphatic carbocycles. The van der Waals surface area contributed by atoms with Gasteiger partial charge in [0.2, 0.25) is 6.10 Å². The minimum absolute atomic E-state index is 0.127. The summed E-state index contributed by atoms with van der Waals surface area (Å²) in [4.78, 5) is 35.9. The van der Waals surface area contributed by atoms with E-state index >= 15 is 0 Å². The Bertz CT molecular complexity index is 759. The molecule has 2 aromatic rings. The van der Waals surface area contributed by atoms with E-state index in [9.17, 15) is 14.4 Å². The summed E-state index contributed by atoms with van der Waals surface area (Å²) < 4.78 is 15.1. The van der Waals surface area contributed by atoms with Crippen LogP contribution in [0.25, 0.3) is 0 Å². The number of urea groups is 1. The van der Waals surface area contributed by atoms with Gasteiger partial charge in [-0.05, 0) is 19.0 Å². The molecule has 0 saturated heterocycles. The third kappa shape index (κ3) is 5.62. The molecule has 3 amide bonds. The zero-order valence-corrected chi connectivity index (χ0v) is 14.4. The molecule has 9 nitrogen and oxygen atoms in total. The van der Waals surface area contributed by atoms with Crippen LogP contribution in [0.15, 0.2) is 40.9 Å². The van der Waals surface area contributed by atoms with E-state index in [1.54, 1.807) is 44.2 Å². The third-order valence-corrected chi connectivity index (χ3v) is 3.11. The van der Waals surface area contributed by atoms with E-state index in [1.165, 1.54) is 6.07 Å². The molecule has 0 bridgehead atoms. The van der Waals surface area contributed by atoms with E-state index < -0.39 is 30.6 Å². The number of hydrogen-bond acceptors (Lipinski definition) is 7. The van der Waals surface area contributed by atoms with Gasteiger partial charge in [-0.2, -0.15) is 0 Å². The fraction of sp³-hybridized carbons (Fsp3) is 0.294. The largest absolute Gasteiger partial charge is 0.463 e. The topological polar surface area (TPSA) is 120 Å². The normalized spacial score (nSPS) is 11.3. The van der Waals surface area contributed by atoms with Crippen molar-refractivity contribution in [3.63, 3.8) is 0 Å². The number of amides is 3. The predicted molar refractivity (Wildman–Crippen MR) is 89.2 cm³/mol. The van der Waals surface area contributed by atoms with Crippen LogP contribution in [-0.2, 0) is 14.3 Å². The molecule has 1 aromatic carbocycles. The van der Waals surface area contributed by atoms with E-state index in [0.717, 1.165) is 0 Å². The molecule has 0 saturated carbocycles. The molecule has 1 atom stereocenters. The van der Waals surface area contributed by atoms with Gasteiger partial charge in [-0.1, -0.05) is 30.3 Å². The van der Waals surface area contributed by atoms with Crippen LogP contribution >= 0.6 is 0 Å². The van der Waals surface area contributed by atoms with Crippen molar-refractivity contribution in [2.24, 2.45) is 0 Å². The number of aryl methyl sites for hydroxylation is 1. The highest BCUT2D eigenvalue weighted by Crippen LogP contribution is 2.18. The first-order chi connectivity index (χ1) is 12.5. The minimum Gasteiger partial charge on any atom is -0.463 e. The smallest absolute Gasteiger partial charge is 0.345 e. The van der Waals surface area contributed by atoms with Gasteiger partial charge in [0.15, 0.2) is 6.61 Å². The summed E-state index contributed by atoms with van der Waals surface area (Å²) in [5.74, 6) is -0.919. The molecule has 0 spiro atoms. The second-order valence-corrected chi connectivity index (χ2v) is 5.19. The number of imide groups is 1. The first-order valence-corrected chi connectivity index (χ1v) is 7.88. The van der Waals surface area contributed by atoms with Crippen LogP contribution in [0.2, 0.25) is 0 Å². The summed E-state index contributed by atoms with van der Waals surface area (Å²) in [5, 5.41) is 8.14. The lowest BCUT2D eigenvalue weighted by atomic mass is 10.1. The number of esters is 1. The Morgan fingerprint density at radius 1 is 1.23 bits per heavy atom. The number of carbonyl (C=O) groups is 3. The number of benzene rings is 1. The van der Waals surface area contributed by atoms with Gasteiger partial charge >= 0.3 is 12.0 Å². The van der Waals surface area contributed by atoms with Gasteiger partial charge in [0, 0.05) is 18.2 Å². The number of rotatable bonds is 7. The Labute approximate surface area is 149 Å². The van der Waals surface area contributed by atoms with Crippen LogP contribution in [0.1, 0.15) is 24.4 Å². The number of nitrogens with zero attached hydrogens (tertiary/aromatic N) is 1. The van der Waals surface area contributed by atoms with E-state index in [-0.39, 0.29) is 5.88 Å². The SMILES string of the molecule is CCNC(=O)NC(=O)[C@H](OC(=O)COc1cc(C)on1)c1ccccc1. The maximum Gasteiger partial charge on any atom is 0.345 e. The van der Waals surface area contributed by atoms with Crippen molar-refractivity contribution in [1.82, 2.24) is 15.8 Å². The molecule has 1 heterocycles. The maximum atomic E-state index is 12.3. The van der Waals surface area contributed by atoms with Crippen molar-refractivity contribution in [1.29, 1.82) is 0 Å². The maximum absolute atomic E-state index is 12.3. The van der Waals surface area contributed by atoms with Gasteiger partial charge < -0.3 is 19.3 Å². The lowest BCUT2D eigenvalue weighted by molar-refractivity contribution is -0.158. The van der Waals surface area contributed by atoms with Crippen molar-refractivity contribution in [2.75, 3.05) is 13.2 Å². The summed E-state index contributed by atoms with van der Waals surface area (Å²) in [6, 6.07) is 9.16. The van der Waals surface area contributed by atoms with Crippen molar-refractivity contribution >= 4 is 17.9 Å². The highest BCUT2D eigenvalue weighted by Gasteiger charge is 2.26. The van der Waals surface area contributed by atoms with Crippen LogP contribution < -0.4 is 15.4 Å². The highest BCUT2D eigenvalue weighted by atomic mass is 16.6. The van der Waals surface area contributed by atoms with E-state index in [2.05, 4.69) is 15.8 Å². The second kappa shape index (κ2) is 9.21. The van der Waals surface area contributed by atoms with Gasteiger partial charge in [-0.3, -0.25) is 10.1 Å². The molecule has 2 N–H and O–H groups in total. The Morgan fingerprint density at radius 3 is 2.58 bits per heavy atom. The highest BCUT2D eigenvalue weighted by molar-refractivity contribution is 5.97. The minimum atomic E-state index is -1.30. The molecule has 9 heteroatoms. The molecular weight excluding hydrogens is 342 g/mol. The molecule has 0 radical (unpaired) electrons. The molecule has 0 aliphatic heterocycles. The quantitative estimate of drug-likeness (QED) is 0.717. The summed E-state index contributed by atoms with van der Waals surface area (Å²) in [6.07, 6.45) is -1.30. The van der Waals surface area contributed by atoms with Crippen LogP contribution in [0, 0.1) is 6.92 Å². The van der Waals surface area contributed by atoms with E-state index in [4.69, 9.17) is 14.0 Å². The van der Waals surface area contributed by atoms with E-state index in [0.29, 0.717) is 17.9 Å². The first-order valence-electron chi connectivity index (χ1n) is 7.88. The summed E-state index contributed by atoms with van der Waals surface area (Å²) >= 11 is 0.